The summed E-state index contributed by atoms with van der Waals surface area (Å²) in [6, 6.07) is 12.4. The second kappa shape index (κ2) is 6.84. The highest BCUT2D eigenvalue weighted by atomic mass is 16.5. The maximum Gasteiger partial charge on any atom is 0.257 e. The van der Waals surface area contributed by atoms with E-state index in [4.69, 9.17) is 4.74 Å². The van der Waals surface area contributed by atoms with Gasteiger partial charge in [0.1, 0.15) is 5.82 Å². The zero-order valence-corrected chi connectivity index (χ0v) is 14.5. The number of hydrogen-bond acceptors (Lipinski definition) is 4. The van der Waals surface area contributed by atoms with E-state index >= 15 is 0 Å². The van der Waals surface area contributed by atoms with Crippen molar-refractivity contribution in [3.05, 3.63) is 59.3 Å². The van der Waals surface area contributed by atoms with Crippen molar-refractivity contribution in [3.63, 3.8) is 0 Å². The molecule has 5 nitrogen and oxygen atoms in total. The predicted molar refractivity (Wildman–Crippen MR) is 97.0 cm³/mol. The summed E-state index contributed by atoms with van der Waals surface area (Å²) in [5.74, 6) is 0.825. The maximum atomic E-state index is 13.2. The highest BCUT2D eigenvalue weighted by Gasteiger charge is 2.30. The number of pyridine rings is 1. The van der Waals surface area contributed by atoms with E-state index in [1.165, 1.54) is 11.1 Å². The Morgan fingerprint density at radius 3 is 2.48 bits per heavy atom. The quantitative estimate of drug-likeness (QED) is 0.861. The van der Waals surface area contributed by atoms with Crippen LogP contribution in [0.1, 0.15) is 21.5 Å². The number of amides is 1. The van der Waals surface area contributed by atoms with Crippen LogP contribution in [-0.2, 0) is 17.6 Å². The Bertz CT molecular complexity index is 746. The lowest BCUT2D eigenvalue weighted by Gasteiger charge is -2.31. The first kappa shape index (κ1) is 16.1. The third-order valence-electron chi connectivity index (χ3n) is 5.23. The van der Waals surface area contributed by atoms with E-state index in [1.54, 1.807) is 6.20 Å². The van der Waals surface area contributed by atoms with Crippen LogP contribution < -0.4 is 4.90 Å². The molecule has 0 atom stereocenters. The monoisotopic (exact) mass is 337 g/mol. The zero-order valence-electron chi connectivity index (χ0n) is 14.5. The van der Waals surface area contributed by atoms with Crippen molar-refractivity contribution in [2.75, 3.05) is 38.3 Å². The molecule has 1 saturated heterocycles. The molecule has 2 heterocycles. The number of hydrogen-bond donors (Lipinski definition) is 0. The highest BCUT2D eigenvalue weighted by Crippen LogP contribution is 2.27. The maximum absolute atomic E-state index is 13.2. The summed E-state index contributed by atoms with van der Waals surface area (Å²) in [5, 5.41) is 0. The smallest absolute Gasteiger partial charge is 0.257 e. The molecule has 1 aliphatic carbocycles. The first-order chi connectivity index (χ1) is 12.2. The number of benzene rings is 1. The third kappa shape index (κ3) is 3.12. The minimum atomic E-state index is 0.0485. The number of anilines is 1. The molecule has 0 N–H and O–H groups in total. The molecule has 4 rings (SSSR count). The number of carbonyl (C=O) groups excluding carboxylic acids is 1. The number of aromatic nitrogens is 1. The van der Waals surface area contributed by atoms with Crippen LogP contribution >= 0.6 is 0 Å². The van der Waals surface area contributed by atoms with Crippen molar-refractivity contribution in [3.8, 4) is 0 Å². The molecule has 0 saturated carbocycles. The van der Waals surface area contributed by atoms with Gasteiger partial charge in [0.05, 0.1) is 18.8 Å². The number of morpholine rings is 1. The Balaban J connectivity index is 1.55. The van der Waals surface area contributed by atoms with Crippen molar-refractivity contribution in [2.24, 2.45) is 0 Å². The van der Waals surface area contributed by atoms with Gasteiger partial charge in [0.15, 0.2) is 0 Å². The molecule has 0 spiro atoms. The molecule has 1 aromatic carbocycles. The van der Waals surface area contributed by atoms with Gasteiger partial charge in [0, 0.05) is 32.4 Å². The molecule has 1 amide bonds. The normalized spacial score (nSPS) is 17.4. The van der Waals surface area contributed by atoms with Crippen LogP contribution in [0.5, 0.6) is 0 Å². The number of rotatable bonds is 3. The molecule has 2 aromatic rings. The first-order valence-corrected chi connectivity index (χ1v) is 8.85. The van der Waals surface area contributed by atoms with Crippen molar-refractivity contribution < 1.29 is 9.53 Å². The van der Waals surface area contributed by atoms with Gasteiger partial charge < -0.3 is 14.5 Å². The van der Waals surface area contributed by atoms with E-state index in [2.05, 4.69) is 34.1 Å². The van der Waals surface area contributed by atoms with E-state index in [9.17, 15) is 4.79 Å². The van der Waals surface area contributed by atoms with Crippen LogP contribution in [-0.4, -0.2) is 55.2 Å². The number of likely N-dealkylation sites (N-methyl/N-ethyl adjacent to an activating group) is 1. The molecule has 0 bridgehead atoms. The van der Waals surface area contributed by atoms with Gasteiger partial charge in [-0.2, -0.15) is 0 Å². The molecule has 0 radical (unpaired) electrons. The summed E-state index contributed by atoms with van der Waals surface area (Å²) in [5.41, 5.74) is 3.39. The fourth-order valence-corrected chi connectivity index (χ4v) is 3.76. The number of nitrogens with zero attached hydrogens (tertiary/aromatic N) is 3. The van der Waals surface area contributed by atoms with E-state index in [-0.39, 0.29) is 11.9 Å². The van der Waals surface area contributed by atoms with E-state index < -0.39 is 0 Å². The minimum Gasteiger partial charge on any atom is -0.378 e. The Hall–Kier alpha value is -2.40. The fourth-order valence-electron chi connectivity index (χ4n) is 3.76. The largest absolute Gasteiger partial charge is 0.378 e. The predicted octanol–water partition coefficient (Wildman–Crippen LogP) is 2.16. The second-order valence-electron chi connectivity index (χ2n) is 6.72. The van der Waals surface area contributed by atoms with Crippen molar-refractivity contribution >= 4 is 11.7 Å². The number of fused-ring (bicyclic) bond motifs is 1. The van der Waals surface area contributed by atoms with Crippen molar-refractivity contribution in [2.45, 2.75) is 18.9 Å². The summed E-state index contributed by atoms with van der Waals surface area (Å²) in [6.45, 7) is 2.90. The lowest BCUT2D eigenvalue weighted by atomic mass is 10.1. The van der Waals surface area contributed by atoms with Gasteiger partial charge in [0.25, 0.3) is 5.91 Å². The van der Waals surface area contributed by atoms with Crippen LogP contribution in [0, 0.1) is 0 Å². The van der Waals surface area contributed by atoms with Gasteiger partial charge in [-0.05, 0) is 36.1 Å². The lowest BCUT2D eigenvalue weighted by molar-refractivity contribution is 0.0736. The van der Waals surface area contributed by atoms with Gasteiger partial charge in [-0.3, -0.25) is 4.79 Å². The molecule has 1 aliphatic heterocycles. The van der Waals surface area contributed by atoms with E-state index in [0.717, 1.165) is 31.7 Å². The Kier molecular flexibility index (Phi) is 4.40. The molecular formula is C20H23N3O2. The van der Waals surface area contributed by atoms with Crippen LogP contribution in [0.3, 0.4) is 0 Å². The zero-order chi connectivity index (χ0) is 17.2. The van der Waals surface area contributed by atoms with Crippen LogP contribution in [0.25, 0.3) is 0 Å². The van der Waals surface area contributed by atoms with Crippen molar-refractivity contribution in [1.82, 2.24) is 9.88 Å². The lowest BCUT2D eigenvalue weighted by Crippen LogP contribution is -2.41. The van der Waals surface area contributed by atoms with Gasteiger partial charge in [-0.15, -0.1) is 0 Å². The highest BCUT2D eigenvalue weighted by molar-refractivity contribution is 5.99. The van der Waals surface area contributed by atoms with Gasteiger partial charge >= 0.3 is 0 Å². The fraction of sp³-hybridized carbons (Fsp3) is 0.400. The standard InChI is InChI=1S/C20H23N3O2/c1-22(17-13-15-5-2-3-6-16(15)14-17)20(24)18-7-4-8-21-19(18)23-9-11-25-12-10-23/h2-8,17H,9-14H2,1H3. The van der Waals surface area contributed by atoms with Crippen molar-refractivity contribution in [1.29, 1.82) is 0 Å². The molecule has 5 heteroatoms. The minimum absolute atomic E-state index is 0.0485. The molecule has 0 unspecified atom stereocenters. The van der Waals surface area contributed by atoms with E-state index in [0.29, 0.717) is 18.8 Å². The Morgan fingerprint density at radius 2 is 1.80 bits per heavy atom. The third-order valence-corrected chi connectivity index (χ3v) is 5.23. The van der Waals surface area contributed by atoms with E-state index in [1.807, 2.05) is 24.1 Å². The summed E-state index contributed by atoms with van der Waals surface area (Å²) in [6.07, 6.45) is 3.60. The number of ether oxygens (including phenoxy) is 1. The summed E-state index contributed by atoms with van der Waals surface area (Å²) in [4.78, 5) is 21.7. The van der Waals surface area contributed by atoms with Crippen LogP contribution in [0.4, 0.5) is 5.82 Å². The van der Waals surface area contributed by atoms with Gasteiger partial charge in [0.2, 0.25) is 0 Å². The average molecular weight is 337 g/mol. The molecule has 2 aliphatic rings. The second-order valence-corrected chi connectivity index (χ2v) is 6.72. The topological polar surface area (TPSA) is 45.7 Å². The Labute approximate surface area is 148 Å². The summed E-state index contributed by atoms with van der Waals surface area (Å²) in [7, 11) is 1.91. The average Bonchev–Trinajstić information content (AvgIpc) is 3.12. The SMILES string of the molecule is CN(C(=O)c1cccnc1N1CCOCC1)C1Cc2ccccc2C1. The summed E-state index contributed by atoms with van der Waals surface area (Å²) < 4.78 is 5.42. The first-order valence-electron chi connectivity index (χ1n) is 8.85. The van der Waals surface area contributed by atoms with Crippen LogP contribution in [0.2, 0.25) is 0 Å². The Morgan fingerprint density at radius 1 is 1.12 bits per heavy atom. The molecular weight excluding hydrogens is 314 g/mol. The molecule has 130 valence electrons. The van der Waals surface area contributed by atoms with Gasteiger partial charge in [-0.1, -0.05) is 24.3 Å². The summed E-state index contributed by atoms with van der Waals surface area (Å²) >= 11 is 0. The molecule has 1 aromatic heterocycles. The number of carbonyl (C=O) groups is 1. The molecule has 1 fully saturated rings. The molecule has 25 heavy (non-hydrogen) atoms. The van der Waals surface area contributed by atoms with Crippen LogP contribution in [0.15, 0.2) is 42.6 Å². The van der Waals surface area contributed by atoms with Gasteiger partial charge in [-0.25, -0.2) is 4.98 Å².